The predicted molar refractivity (Wildman–Crippen MR) is 88.5 cm³/mol. The highest BCUT2D eigenvalue weighted by molar-refractivity contribution is 5.28. The number of nitrogens with two attached hydrogens (primary N) is 1. The van der Waals surface area contributed by atoms with E-state index in [0.29, 0.717) is 6.04 Å². The zero-order chi connectivity index (χ0) is 14.8. The Hall–Kier alpha value is -0.900. The van der Waals surface area contributed by atoms with Crippen LogP contribution < -0.4 is 5.73 Å². The van der Waals surface area contributed by atoms with Gasteiger partial charge in [0.05, 0.1) is 0 Å². The molecular formula is C18H29N3. The van der Waals surface area contributed by atoms with Gasteiger partial charge in [0.1, 0.15) is 0 Å². The molecule has 1 saturated carbocycles. The quantitative estimate of drug-likeness (QED) is 0.924. The molecule has 0 amide bonds. The molecule has 0 aromatic heterocycles. The number of hydrogen-bond donors (Lipinski definition) is 1. The minimum absolute atomic E-state index is 0.152. The maximum absolute atomic E-state index is 6.46. The lowest BCUT2D eigenvalue weighted by atomic mass is 9.79. The van der Waals surface area contributed by atoms with Crippen molar-refractivity contribution in [2.75, 3.05) is 33.7 Å². The summed E-state index contributed by atoms with van der Waals surface area (Å²) in [6.07, 6.45) is 5.17. The number of nitrogens with zero attached hydrogens (tertiary/aromatic N) is 2. The highest BCUT2D eigenvalue weighted by atomic mass is 15.3. The number of benzene rings is 1. The Labute approximate surface area is 129 Å². The fraction of sp³-hybridized carbons (Fsp3) is 0.667. The van der Waals surface area contributed by atoms with E-state index in [-0.39, 0.29) is 6.04 Å². The van der Waals surface area contributed by atoms with Gasteiger partial charge < -0.3 is 15.5 Å². The summed E-state index contributed by atoms with van der Waals surface area (Å²) < 4.78 is 0. The first-order chi connectivity index (χ1) is 10.1. The fourth-order valence-electron chi connectivity index (χ4n) is 3.54. The molecule has 3 heteroatoms. The Bertz CT molecular complexity index is 452. The zero-order valence-electron chi connectivity index (χ0n) is 13.5. The first kappa shape index (κ1) is 15.0. The number of hydrogen-bond acceptors (Lipinski definition) is 3. The highest BCUT2D eigenvalue weighted by Gasteiger charge is 2.25. The van der Waals surface area contributed by atoms with E-state index in [1.54, 1.807) is 0 Å². The van der Waals surface area contributed by atoms with Crippen LogP contribution in [0.2, 0.25) is 0 Å². The predicted octanol–water partition coefficient (Wildman–Crippen LogP) is 2.59. The second-order valence-electron chi connectivity index (χ2n) is 7.03. The molecule has 2 atom stereocenters. The fourth-order valence-corrected chi connectivity index (χ4v) is 3.54. The Balaban J connectivity index is 1.60. The Morgan fingerprint density at radius 3 is 2.48 bits per heavy atom. The summed E-state index contributed by atoms with van der Waals surface area (Å²) >= 11 is 0. The van der Waals surface area contributed by atoms with Crippen LogP contribution >= 0.6 is 0 Å². The van der Waals surface area contributed by atoms with Gasteiger partial charge in [-0.3, -0.25) is 0 Å². The van der Waals surface area contributed by atoms with Crippen LogP contribution in [0, 0.1) is 0 Å². The lowest BCUT2D eigenvalue weighted by Gasteiger charge is -2.39. The molecule has 1 aromatic rings. The minimum atomic E-state index is 0.152. The normalized spacial score (nSPS) is 26.5. The van der Waals surface area contributed by atoms with Crippen molar-refractivity contribution in [2.45, 2.75) is 43.7 Å². The molecule has 21 heavy (non-hydrogen) atoms. The Kier molecular flexibility index (Phi) is 4.63. The molecule has 0 bridgehead atoms. The summed E-state index contributed by atoms with van der Waals surface area (Å²) in [4.78, 5) is 4.87. The van der Waals surface area contributed by atoms with E-state index < -0.39 is 0 Å². The van der Waals surface area contributed by atoms with Gasteiger partial charge in [-0.15, -0.1) is 0 Å². The maximum Gasteiger partial charge on any atom is 0.0310 e. The summed E-state index contributed by atoms with van der Waals surface area (Å²) in [5.74, 6) is 0.813. The molecule has 1 saturated heterocycles. The molecule has 1 aromatic carbocycles. The van der Waals surface area contributed by atoms with Crippen molar-refractivity contribution in [2.24, 2.45) is 5.73 Å². The van der Waals surface area contributed by atoms with Crippen molar-refractivity contribution in [3.05, 3.63) is 35.4 Å². The van der Waals surface area contributed by atoms with E-state index in [2.05, 4.69) is 48.2 Å². The molecule has 116 valence electrons. The van der Waals surface area contributed by atoms with E-state index in [0.717, 1.165) is 25.4 Å². The molecule has 0 spiro atoms. The molecule has 2 fully saturated rings. The van der Waals surface area contributed by atoms with E-state index in [1.165, 1.54) is 36.9 Å². The average molecular weight is 287 g/mol. The molecule has 3 nitrogen and oxygen atoms in total. The average Bonchev–Trinajstić information content (AvgIpc) is 2.42. The van der Waals surface area contributed by atoms with Gasteiger partial charge in [-0.05, 0) is 50.4 Å². The first-order valence-corrected chi connectivity index (χ1v) is 8.37. The Morgan fingerprint density at radius 1 is 1.14 bits per heavy atom. The molecule has 2 unspecified atom stereocenters. The van der Waals surface area contributed by atoms with Crippen LogP contribution in [0.1, 0.15) is 48.8 Å². The smallest absolute Gasteiger partial charge is 0.0310 e. The van der Waals surface area contributed by atoms with Crippen LogP contribution in [0.25, 0.3) is 0 Å². The molecule has 3 rings (SSSR count). The molecular weight excluding hydrogens is 258 g/mol. The molecule has 2 aliphatic rings. The van der Waals surface area contributed by atoms with Gasteiger partial charge in [-0.25, -0.2) is 0 Å². The van der Waals surface area contributed by atoms with E-state index in [4.69, 9.17) is 5.73 Å². The SMILES string of the molecule is CN1CCN(C)C(CC(N)c2ccc(C3CCC3)cc2)C1. The van der Waals surface area contributed by atoms with Crippen LogP contribution in [0.5, 0.6) is 0 Å². The third kappa shape index (κ3) is 3.47. The van der Waals surface area contributed by atoms with Crippen LogP contribution in [-0.4, -0.2) is 49.6 Å². The van der Waals surface area contributed by atoms with Crippen molar-refractivity contribution >= 4 is 0 Å². The zero-order valence-corrected chi connectivity index (χ0v) is 13.5. The van der Waals surface area contributed by atoms with Gasteiger partial charge >= 0.3 is 0 Å². The monoisotopic (exact) mass is 287 g/mol. The summed E-state index contributed by atoms with van der Waals surface area (Å²) in [6, 6.07) is 9.84. The van der Waals surface area contributed by atoms with Gasteiger partial charge in [0.15, 0.2) is 0 Å². The van der Waals surface area contributed by atoms with Crippen LogP contribution in [0.15, 0.2) is 24.3 Å². The van der Waals surface area contributed by atoms with Crippen LogP contribution in [-0.2, 0) is 0 Å². The van der Waals surface area contributed by atoms with Crippen molar-refractivity contribution in [1.82, 2.24) is 9.80 Å². The lowest BCUT2D eigenvalue weighted by molar-refractivity contribution is 0.104. The molecule has 1 aliphatic carbocycles. The van der Waals surface area contributed by atoms with Crippen LogP contribution in [0.3, 0.4) is 0 Å². The van der Waals surface area contributed by atoms with E-state index >= 15 is 0 Å². The number of rotatable bonds is 4. The van der Waals surface area contributed by atoms with Gasteiger partial charge in [-0.2, -0.15) is 0 Å². The largest absolute Gasteiger partial charge is 0.324 e. The maximum atomic E-state index is 6.46. The van der Waals surface area contributed by atoms with Gasteiger partial charge in [0.2, 0.25) is 0 Å². The van der Waals surface area contributed by atoms with Crippen molar-refractivity contribution in [3.63, 3.8) is 0 Å². The van der Waals surface area contributed by atoms with Crippen molar-refractivity contribution < 1.29 is 0 Å². The van der Waals surface area contributed by atoms with Crippen LogP contribution in [0.4, 0.5) is 0 Å². The minimum Gasteiger partial charge on any atom is -0.324 e. The standard InChI is InChI=1S/C18H29N3/c1-20-10-11-21(2)17(13-20)12-18(19)16-8-6-15(7-9-16)14-4-3-5-14/h6-9,14,17-18H,3-5,10-13,19H2,1-2H3. The van der Waals surface area contributed by atoms with Crippen molar-refractivity contribution in [1.29, 1.82) is 0 Å². The molecule has 1 aliphatic heterocycles. The summed E-state index contributed by atoms with van der Waals surface area (Å²) in [5, 5.41) is 0. The molecule has 0 radical (unpaired) electrons. The van der Waals surface area contributed by atoms with E-state index in [1.807, 2.05) is 0 Å². The second kappa shape index (κ2) is 6.47. The summed E-state index contributed by atoms with van der Waals surface area (Å²) in [6.45, 7) is 3.44. The van der Waals surface area contributed by atoms with Crippen molar-refractivity contribution in [3.8, 4) is 0 Å². The third-order valence-corrected chi connectivity index (χ3v) is 5.45. The summed E-state index contributed by atoms with van der Waals surface area (Å²) in [5.41, 5.74) is 9.26. The van der Waals surface area contributed by atoms with Gasteiger partial charge in [0.25, 0.3) is 0 Å². The Morgan fingerprint density at radius 2 is 1.86 bits per heavy atom. The second-order valence-corrected chi connectivity index (χ2v) is 7.03. The van der Waals surface area contributed by atoms with Gasteiger partial charge in [-0.1, -0.05) is 30.7 Å². The van der Waals surface area contributed by atoms with E-state index in [9.17, 15) is 0 Å². The first-order valence-electron chi connectivity index (χ1n) is 8.37. The molecule has 1 heterocycles. The third-order valence-electron chi connectivity index (χ3n) is 5.45. The number of likely N-dealkylation sites (N-methyl/N-ethyl adjacent to an activating group) is 2. The number of piperazine rings is 1. The lowest BCUT2D eigenvalue weighted by Crippen LogP contribution is -2.50. The molecule has 2 N–H and O–H groups in total. The van der Waals surface area contributed by atoms with Gasteiger partial charge in [0, 0.05) is 31.7 Å². The summed E-state index contributed by atoms with van der Waals surface area (Å²) in [7, 11) is 4.43. The topological polar surface area (TPSA) is 32.5 Å². The highest BCUT2D eigenvalue weighted by Crippen LogP contribution is 2.36.